The Hall–Kier alpha value is -1.60. The molecule has 0 radical (unpaired) electrons. The number of rotatable bonds is 2. The van der Waals surface area contributed by atoms with E-state index >= 15 is 0 Å². The third kappa shape index (κ3) is 2.75. The van der Waals surface area contributed by atoms with Crippen LogP contribution in [-0.4, -0.2) is 21.1 Å². The summed E-state index contributed by atoms with van der Waals surface area (Å²) in [6, 6.07) is 5.05. The van der Waals surface area contributed by atoms with Gasteiger partial charge in [0.2, 0.25) is 11.8 Å². The maximum atomic E-state index is 11.7. The quantitative estimate of drug-likeness (QED) is 0.790. The van der Waals surface area contributed by atoms with Crippen LogP contribution < -0.4 is 11.1 Å². The van der Waals surface area contributed by atoms with Gasteiger partial charge < -0.3 is 11.1 Å². The van der Waals surface area contributed by atoms with Gasteiger partial charge in [-0.3, -0.25) is 9.89 Å². The normalized spacial score (nSPS) is 10.2. The highest BCUT2D eigenvalue weighted by molar-refractivity contribution is 9.10. The molecule has 0 saturated heterocycles. The van der Waals surface area contributed by atoms with Gasteiger partial charge in [0.15, 0.2) is 0 Å². The van der Waals surface area contributed by atoms with Crippen LogP contribution in [0, 0.1) is 0 Å². The molecule has 0 aliphatic heterocycles. The lowest BCUT2D eigenvalue weighted by Crippen LogP contribution is -2.14. The maximum Gasteiger partial charge on any atom is 0.293 e. The predicted octanol–water partition coefficient (Wildman–Crippen LogP) is 2.06. The van der Waals surface area contributed by atoms with Gasteiger partial charge in [0, 0.05) is 9.50 Å². The standard InChI is InChI=1S/C9H7BrClN5O/c10-5-2-1-4(11)3-6(5)13-8(17)7-14-9(12)16-15-7/h1-3H,(H,13,17)(H3,12,14,15,16). The average Bonchev–Trinajstić information content (AvgIpc) is 2.70. The number of benzene rings is 1. The number of nitrogens with two attached hydrogens (primary N) is 1. The smallest absolute Gasteiger partial charge is 0.293 e. The van der Waals surface area contributed by atoms with E-state index in [0.29, 0.717) is 15.2 Å². The summed E-state index contributed by atoms with van der Waals surface area (Å²) < 4.78 is 0.711. The van der Waals surface area contributed by atoms with Gasteiger partial charge in [-0.15, -0.1) is 5.10 Å². The molecule has 1 aromatic carbocycles. The van der Waals surface area contributed by atoms with E-state index in [1.54, 1.807) is 18.2 Å². The zero-order chi connectivity index (χ0) is 12.4. The number of H-pyrrole nitrogens is 1. The Balaban J connectivity index is 2.21. The molecule has 1 aromatic heterocycles. The van der Waals surface area contributed by atoms with Crippen molar-refractivity contribution in [3.05, 3.63) is 33.5 Å². The van der Waals surface area contributed by atoms with Crippen molar-refractivity contribution >= 4 is 45.1 Å². The summed E-state index contributed by atoms with van der Waals surface area (Å²) in [6.07, 6.45) is 0. The molecule has 0 aliphatic carbocycles. The number of nitrogen functional groups attached to an aromatic ring is 1. The number of carbonyl (C=O) groups is 1. The van der Waals surface area contributed by atoms with Crippen molar-refractivity contribution in [2.24, 2.45) is 0 Å². The number of halogens is 2. The van der Waals surface area contributed by atoms with Crippen LogP contribution in [0.1, 0.15) is 10.6 Å². The van der Waals surface area contributed by atoms with Crippen LogP contribution in [0.25, 0.3) is 0 Å². The first kappa shape index (κ1) is 11.9. The maximum absolute atomic E-state index is 11.7. The SMILES string of the molecule is Nc1n[nH]c(C(=O)Nc2cc(Cl)ccc2Br)n1. The Bertz CT molecular complexity index is 570. The Labute approximate surface area is 110 Å². The zero-order valence-corrected chi connectivity index (χ0v) is 10.7. The summed E-state index contributed by atoms with van der Waals surface area (Å²) in [5, 5.41) is 9.11. The van der Waals surface area contributed by atoms with Crippen LogP contribution in [0.15, 0.2) is 22.7 Å². The first-order valence-electron chi connectivity index (χ1n) is 4.50. The number of nitrogens with zero attached hydrogens (tertiary/aromatic N) is 2. The van der Waals surface area contributed by atoms with E-state index in [4.69, 9.17) is 17.3 Å². The number of aromatic nitrogens is 3. The van der Waals surface area contributed by atoms with Crippen molar-refractivity contribution in [1.82, 2.24) is 15.2 Å². The highest BCUT2D eigenvalue weighted by Crippen LogP contribution is 2.26. The summed E-state index contributed by atoms with van der Waals surface area (Å²) in [5.41, 5.74) is 5.84. The summed E-state index contributed by atoms with van der Waals surface area (Å²) in [6.45, 7) is 0. The minimum atomic E-state index is -0.447. The Kier molecular flexibility index (Phi) is 3.30. The van der Waals surface area contributed by atoms with E-state index in [2.05, 4.69) is 36.4 Å². The van der Waals surface area contributed by atoms with Crippen LogP contribution in [0.3, 0.4) is 0 Å². The summed E-state index contributed by atoms with van der Waals surface area (Å²) in [7, 11) is 0. The lowest BCUT2D eigenvalue weighted by Gasteiger charge is -2.05. The van der Waals surface area contributed by atoms with Crippen LogP contribution in [0.5, 0.6) is 0 Å². The molecule has 0 fully saturated rings. The fourth-order valence-electron chi connectivity index (χ4n) is 1.15. The lowest BCUT2D eigenvalue weighted by molar-refractivity contribution is 0.101. The third-order valence-electron chi connectivity index (χ3n) is 1.89. The average molecular weight is 317 g/mol. The highest BCUT2D eigenvalue weighted by Gasteiger charge is 2.12. The molecule has 8 heteroatoms. The van der Waals surface area contributed by atoms with Crippen LogP contribution in [0.4, 0.5) is 11.6 Å². The molecule has 0 aliphatic rings. The van der Waals surface area contributed by atoms with Crippen LogP contribution >= 0.6 is 27.5 Å². The number of nitrogens with one attached hydrogen (secondary N) is 2. The molecule has 4 N–H and O–H groups in total. The van der Waals surface area contributed by atoms with E-state index < -0.39 is 5.91 Å². The predicted molar refractivity (Wildman–Crippen MR) is 67.9 cm³/mol. The van der Waals surface area contributed by atoms with Crippen molar-refractivity contribution in [2.45, 2.75) is 0 Å². The number of hydrogen-bond donors (Lipinski definition) is 3. The Morgan fingerprint density at radius 3 is 2.94 bits per heavy atom. The first-order chi connectivity index (χ1) is 8.06. The molecule has 0 spiro atoms. The fourth-order valence-corrected chi connectivity index (χ4v) is 1.67. The third-order valence-corrected chi connectivity index (χ3v) is 2.82. The van der Waals surface area contributed by atoms with E-state index in [0.717, 1.165) is 0 Å². The van der Waals surface area contributed by atoms with Gasteiger partial charge in [-0.05, 0) is 34.1 Å². The number of anilines is 2. The van der Waals surface area contributed by atoms with E-state index in [1.807, 2.05) is 0 Å². The van der Waals surface area contributed by atoms with Gasteiger partial charge in [-0.2, -0.15) is 4.98 Å². The molecule has 0 bridgehead atoms. The van der Waals surface area contributed by atoms with Crippen molar-refractivity contribution in [1.29, 1.82) is 0 Å². The molecule has 1 amide bonds. The second-order valence-corrected chi connectivity index (χ2v) is 4.41. The van der Waals surface area contributed by atoms with Gasteiger partial charge in [0.05, 0.1) is 5.69 Å². The zero-order valence-electron chi connectivity index (χ0n) is 8.37. The molecule has 0 atom stereocenters. The molecule has 1 heterocycles. The summed E-state index contributed by atoms with van der Waals surface area (Å²) in [4.78, 5) is 15.4. The number of amides is 1. The van der Waals surface area contributed by atoms with Gasteiger partial charge in [-0.25, -0.2) is 0 Å². The lowest BCUT2D eigenvalue weighted by atomic mass is 10.3. The second kappa shape index (κ2) is 4.72. The van der Waals surface area contributed by atoms with Gasteiger partial charge in [0.25, 0.3) is 5.91 Å². The summed E-state index contributed by atoms with van der Waals surface area (Å²) in [5.74, 6) is -0.396. The van der Waals surface area contributed by atoms with Crippen molar-refractivity contribution in [2.75, 3.05) is 11.1 Å². The van der Waals surface area contributed by atoms with Gasteiger partial charge in [0.1, 0.15) is 0 Å². The Morgan fingerprint density at radius 2 is 2.29 bits per heavy atom. The van der Waals surface area contributed by atoms with E-state index in [-0.39, 0.29) is 11.8 Å². The molecule has 2 rings (SSSR count). The molecule has 17 heavy (non-hydrogen) atoms. The molecule has 2 aromatic rings. The topological polar surface area (TPSA) is 96.7 Å². The largest absolute Gasteiger partial charge is 0.366 e. The molecular formula is C9H7BrClN5O. The highest BCUT2D eigenvalue weighted by atomic mass is 79.9. The van der Waals surface area contributed by atoms with Crippen molar-refractivity contribution in [3.63, 3.8) is 0 Å². The number of hydrogen-bond acceptors (Lipinski definition) is 4. The molecular weight excluding hydrogens is 309 g/mol. The van der Waals surface area contributed by atoms with Gasteiger partial charge in [-0.1, -0.05) is 11.6 Å². The van der Waals surface area contributed by atoms with Crippen molar-refractivity contribution < 1.29 is 4.79 Å². The van der Waals surface area contributed by atoms with E-state index in [1.165, 1.54) is 0 Å². The van der Waals surface area contributed by atoms with Crippen LogP contribution in [-0.2, 0) is 0 Å². The number of aromatic amines is 1. The van der Waals surface area contributed by atoms with Crippen molar-refractivity contribution in [3.8, 4) is 0 Å². The minimum Gasteiger partial charge on any atom is -0.366 e. The summed E-state index contributed by atoms with van der Waals surface area (Å²) >= 11 is 9.11. The molecule has 0 saturated carbocycles. The molecule has 0 unspecified atom stereocenters. The molecule has 6 nitrogen and oxygen atoms in total. The monoisotopic (exact) mass is 315 g/mol. The first-order valence-corrected chi connectivity index (χ1v) is 5.67. The molecule has 88 valence electrons. The Morgan fingerprint density at radius 1 is 1.53 bits per heavy atom. The fraction of sp³-hybridized carbons (Fsp3) is 0. The second-order valence-electron chi connectivity index (χ2n) is 3.12. The minimum absolute atomic E-state index is 0.0142. The van der Waals surface area contributed by atoms with Crippen LogP contribution in [0.2, 0.25) is 5.02 Å². The number of carbonyl (C=O) groups excluding carboxylic acids is 1. The van der Waals surface area contributed by atoms with E-state index in [9.17, 15) is 4.79 Å². The van der Waals surface area contributed by atoms with Gasteiger partial charge >= 0.3 is 0 Å².